The number of carboxylic acids is 1. The molecule has 2 rings (SSSR count). The number of ether oxygens (including phenoxy) is 1. The highest BCUT2D eigenvalue weighted by Gasteiger charge is 2.26. The summed E-state index contributed by atoms with van der Waals surface area (Å²) in [4.78, 5) is 10.7. The Hall–Kier alpha value is -1.51. The van der Waals surface area contributed by atoms with E-state index in [1.165, 1.54) is 0 Å². The van der Waals surface area contributed by atoms with Crippen molar-refractivity contribution in [3.63, 3.8) is 0 Å². The van der Waals surface area contributed by atoms with Crippen molar-refractivity contribution in [1.82, 2.24) is 0 Å². The summed E-state index contributed by atoms with van der Waals surface area (Å²) in [6, 6.07) is 7.69. The lowest BCUT2D eigenvalue weighted by Gasteiger charge is -2.29. The van der Waals surface area contributed by atoms with Crippen molar-refractivity contribution in [2.24, 2.45) is 0 Å². The topological polar surface area (TPSA) is 46.5 Å². The van der Waals surface area contributed by atoms with Gasteiger partial charge in [0.2, 0.25) is 0 Å². The van der Waals surface area contributed by atoms with Gasteiger partial charge in [-0.3, -0.25) is 4.79 Å². The van der Waals surface area contributed by atoms with Crippen LogP contribution in [0.3, 0.4) is 0 Å². The van der Waals surface area contributed by atoms with Crippen molar-refractivity contribution < 1.29 is 14.6 Å². The van der Waals surface area contributed by atoms with E-state index < -0.39 is 5.97 Å². The highest BCUT2D eigenvalue weighted by Crippen LogP contribution is 2.37. The van der Waals surface area contributed by atoms with E-state index in [4.69, 9.17) is 9.84 Å². The molecule has 3 heteroatoms. The molecule has 0 radical (unpaired) electrons. The van der Waals surface area contributed by atoms with E-state index in [0.29, 0.717) is 0 Å². The zero-order valence-corrected chi connectivity index (χ0v) is 8.64. The third-order valence-corrected chi connectivity index (χ3v) is 2.72. The molecular formula is C12H14O3. The van der Waals surface area contributed by atoms with Crippen LogP contribution in [0.2, 0.25) is 0 Å². The summed E-state index contributed by atoms with van der Waals surface area (Å²) in [6.07, 6.45) is 1.07. The Balaban J connectivity index is 2.29. The molecule has 1 aromatic carbocycles. The molecule has 1 unspecified atom stereocenters. The number of carbonyl (C=O) groups is 1. The van der Waals surface area contributed by atoms with Crippen molar-refractivity contribution in [2.45, 2.75) is 31.8 Å². The summed E-state index contributed by atoms with van der Waals surface area (Å²) >= 11 is 0. The highest BCUT2D eigenvalue weighted by atomic mass is 16.5. The molecule has 0 saturated carbocycles. The van der Waals surface area contributed by atoms with Gasteiger partial charge in [-0.1, -0.05) is 18.2 Å². The first kappa shape index (κ1) is 10.0. The molecule has 1 aromatic rings. The van der Waals surface area contributed by atoms with Gasteiger partial charge in [0.25, 0.3) is 0 Å². The average molecular weight is 206 g/mol. The third-order valence-electron chi connectivity index (χ3n) is 2.72. The number of benzene rings is 1. The fraction of sp³-hybridized carbons (Fsp3) is 0.417. The van der Waals surface area contributed by atoms with Crippen LogP contribution >= 0.6 is 0 Å². The molecule has 3 nitrogen and oxygen atoms in total. The van der Waals surface area contributed by atoms with Crippen LogP contribution in [0.1, 0.15) is 31.2 Å². The maximum Gasteiger partial charge on any atom is 0.303 e. The second kappa shape index (κ2) is 3.93. The molecule has 0 fully saturated rings. The first-order valence-electron chi connectivity index (χ1n) is 5.14. The molecule has 2 atom stereocenters. The van der Waals surface area contributed by atoms with Crippen LogP contribution in [0.15, 0.2) is 24.3 Å². The van der Waals surface area contributed by atoms with Crippen LogP contribution in [-0.2, 0) is 4.79 Å². The Morgan fingerprint density at radius 3 is 3.00 bits per heavy atom. The predicted octanol–water partition coefficient (Wildman–Crippen LogP) is 2.42. The van der Waals surface area contributed by atoms with Crippen molar-refractivity contribution in [3.8, 4) is 5.75 Å². The number of hydrogen-bond acceptors (Lipinski definition) is 2. The maximum absolute atomic E-state index is 10.7. The summed E-state index contributed by atoms with van der Waals surface area (Å²) in [6.45, 7) is 1.98. The Kier molecular flexibility index (Phi) is 2.62. The van der Waals surface area contributed by atoms with Gasteiger partial charge in [-0.15, -0.1) is 0 Å². The van der Waals surface area contributed by atoms with Crippen molar-refractivity contribution in [1.29, 1.82) is 0 Å². The second-order valence-electron chi connectivity index (χ2n) is 4.00. The minimum Gasteiger partial charge on any atom is -0.490 e. The lowest BCUT2D eigenvalue weighted by Crippen LogP contribution is -2.24. The van der Waals surface area contributed by atoms with Crippen LogP contribution < -0.4 is 4.74 Å². The lowest BCUT2D eigenvalue weighted by atomic mass is 9.88. The molecule has 0 saturated heterocycles. The summed E-state index contributed by atoms with van der Waals surface area (Å²) in [5.74, 6) is 0.175. The molecule has 1 aliphatic rings. The molecule has 0 spiro atoms. The van der Waals surface area contributed by atoms with Gasteiger partial charge in [-0.25, -0.2) is 0 Å². The van der Waals surface area contributed by atoms with E-state index in [1.54, 1.807) is 0 Å². The van der Waals surface area contributed by atoms with E-state index >= 15 is 0 Å². The zero-order chi connectivity index (χ0) is 10.8. The number of aliphatic carboxylic acids is 1. The van der Waals surface area contributed by atoms with Crippen LogP contribution in [0.4, 0.5) is 0 Å². The summed E-state index contributed by atoms with van der Waals surface area (Å²) in [5.41, 5.74) is 1.03. The largest absolute Gasteiger partial charge is 0.490 e. The smallest absolute Gasteiger partial charge is 0.303 e. The van der Waals surface area contributed by atoms with E-state index in [1.807, 2.05) is 31.2 Å². The number of para-hydroxylation sites is 1. The highest BCUT2D eigenvalue weighted by molar-refractivity contribution is 5.68. The van der Waals surface area contributed by atoms with Gasteiger partial charge in [0, 0.05) is 5.92 Å². The zero-order valence-electron chi connectivity index (χ0n) is 8.64. The molecule has 1 heterocycles. The number of carboxylic acid groups (broad SMARTS) is 1. The predicted molar refractivity (Wildman–Crippen MR) is 56.1 cm³/mol. The van der Waals surface area contributed by atoms with Gasteiger partial charge >= 0.3 is 5.97 Å². The third kappa shape index (κ3) is 2.12. The molecule has 15 heavy (non-hydrogen) atoms. The second-order valence-corrected chi connectivity index (χ2v) is 4.00. The molecular weight excluding hydrogens is 192 g/mol. The normalized spacial score (nSPS) is 24.1. The minimum absolute atomic E-state index is 0.0856. The molecule has 0 amide bonds. The maximum atomic E-state index is 10.7. The molecule has 0 aliphatic carbocycles. The Morgan fingerprint density at radius 2 is 2.27 bits per heavy atom. The quantitative estimate of drug-likeness (QED) is 0.808. The van der Waals surface area contributed by atoms with Crippen LogP contribution in [0.25, 0.3) is 0 Å². The monoisotopic (exact) mass is 206 g/mol. The van der Waals surface area contributed by atoms with E-state index in [2.05, 4.69) is 0 Å². The number of rotatable bonds is 2. The standard InChI is InChI=1S/C12H14O3/c1-8-6-9(7-12(13)14)10-4-2-3-5-11(10)15-8/h2-5,8-9H,6-7H2,1H3,(H,13,14)/t8-,9?/m1/s1. The molecule has 1 N–H and O–H groups in total. The summed E-state index contributed by atoms with van der Waals surface area (Å²) in [7, 11) is 0. The fourth-order valence-electron chi connectivity index (χ4n) is 2.12. The SMILES string of the molecule is C[C@@H]1CC(CC(=O)O)c2ccccc2O1. The lowest BCUT2D eigenvalue weighted by molar-refractivity contribution is -0.137. The van der Waals surface area contributed by atoms with Gasteiger partial charge < -0.3 is 9.84 Å². The number of fused-ring (bicyclic) bond motifs is 1. The Morgan fingerprint density at radius 1 is 1.53 bits per heavy atom. The van der Waals surface area contributed by atoms with Crippen molar-refractivity contribution >= 4 is 5.97 Å². The first-order chi connectivity index (χ1) is 7.16. The van der Waals surface area contributed by atoms with Gasteiger partial charge in [-0.2, -0.15) is 0 Å². The summed E-state index contributed by atoms with van der Waals surface area (Å²) < 4.78 is 5.65. The van der Waals surface area contributed by atoms with E-state index in [9.17, 15) is 4.79 Å². The van der Waals surface area contributed by atoms with Gasteiger partial charge in [-0.05, 0) is 25.0 Å². The summed E-state index contributed by atoms with van der Waals surface area (Å²) in [5, 5.41) is 8.84. The molecule has 0 bridgehead atoms. The van der Waals surface area contributed by atoms with Gasteiger partial charge in [0.15, 0.2) is 0 Å². The van der Waals surface area contributed by atoms with Gasteiger partial charge in [0.05, 0.1) is 12.5 Å². The first-order valence-corrected chi connectivity index (χ1v) is 5.14. The van der Waals surface area contributed by atoms with Crippen LogP contribution in [-0.4, -0.2) is 17.2 Å². The molecule has 0 aromatic heterocycles. The Bertz CT molecular complexity index is 373. The van der Waals surface area contributed by atoms with Crippen LogP contribution in [0.5, 0.6) is 5.75 Å². The minimum atomic E-state index is -0.746. The molecule has 1 aliphatic heterocycles. The van der Waals surface area contributed by atoms with Gasteiger partial charge in [0.1, 0.15) is 5.75 Å². The van der Waals surface area contributed by atoms with Crippen LogP contribution in [0, 0.1) is 0 Å². The van der Waals surface area contributed by atoms with Crippen molar-refractivity contribution in [3.05, 3.63) is 29.8 Å². The van der Waals surface area contributed by atoms with E-state index in [-0.39, 0.29) is 18.4 Å². The molecule has 80 valence electrons. The van der Waals surface area contributed by atoms with E-state index in [0.717, 1.165) is 17.7 Å². The van der Waals surface area contributed by atoms with Crippen molar-refractivity contribution in [2.75, 3.05) is 0 Å². The average Bonchev–Trinajstić information content (AvgIpc) is 2.16. The Labute approximate surface area is 88.7 Å². The number of hydrogen-bond donors (Lipinski definition) is 1. The fourth-order valence-corrected chi connectivity index (χ4v) is 2.12.